The van der Waals surface area contributed by atoms with Gasteiger partial charge in [-0.1, -0.05) is 26.0 Å². The predicted molar refractivity (Wildman–Crippen MR) is 63.5 cm³/mol. The Hall–Kier alpha value is -1.64. The highest BCUT2D eigenvalue weighted by molar-refractivity contribution is 6.00. The summed E-state index contributed by atoms with van der Waals surface area (Å²) in [7, 11) is 0. The third-order valence-electron chi connectivity index (χ3n) is 3.09. The van der Waals surface area contributed by atoms with E-state index in [0.717, 1.165) is 12.0 Å². The lowest BCUT2D eigenvalue weighted by Crippen LogP contribution is -2.27. The monoisotopic (exact) mass is 217 g/mol. The number of aliphatic imine (C=N–C) groups is 1. The molecular formula is C13H15NO2. The number of fused-ring (bicyclic) bond motifs is 1. The van der Waals surface area contributed by atoms with Crippen LogP contribution in [-0.4, -0.2) is 19.2 Å². The van der Waals surface area contributed by atoms with Crippen LogP contribution in [0.5, 0.6) is 5.75 Å². The molecule has 1 heterocycles. The fourth-order valence-electron chi connectivity index (χ4n) is 2.02. The van der Waals surface area contributed by atoms with Gasteiger partial charge in [0.25, 0.3) is 5.91 Å². The Morgan fingerprint density at radius 1 is 1.50 bits per heavy atom. The summed E-state index contributed by atoms with van der Waals surface area (Å²) in [5.74, 6) is 0.352. The van der Waals surface area contributed by atoms with Crippen LogP contribution < -0.4 is 4.74 Å². The number of amides is 1. The summed E-state index contributed by atoms with van der Waals surface area (Å²) in [5.41, 5.74) is 1.64. The van der Waals surface area contributed by atoms with Gasteiger partial charge in [0.1, 0.15) is 5.75 Å². The van der Waals surface area contributed by atoms with Gasteiger partial charge in [0.2, 0.25) is 0 Å². The second-order valence-corrected chi connectivity index (χ2v) is 4.63. The Morgan fingerprint density at radius 3 is 2.94 bits per heavy atom. The minimum atomic E-state index is -0.324. The first-order chi connectivity index (χ1) is 7.56. The van der Waals surface area contributed by atoms with Crippen molar-refractivity contribution in [3.8, 4) is 5.75 Å². The number of carbonyl (C=O) groups is 1. The molecule has 0 bridgehead atoms. The van der Waals surface area contributed by atoms with Crippen LogP contribution in [0.25, 0.3) is 0 Å². The van der Waals surface area contributed by atoms with E-state index in [2.05, 4.69) is 25.6 Å². The van der Waals surface area contributed by atoms with Crippen molar-refractivity contribution in [3.63, 3.8) is 0 Å². The molecule has 2 rings (SSSR count). The van der Waals surface area contributed by atoms with Crippen LogP contribution in [-0.2, 0) is 5.41 Å². The summed E-state index contributed by atoms with van der Waals surface area (Å²) >= 11 is 0. The summed E-state index contributed by atoms with van der Waals surface area (Å²) in [4.78, 5) is 15.0. The highest BCUT2D eigenvalue weighted by atomic mass is 16.5. The lowest BCUT2D eigenvalue weighted by Gasteiger charge is -2.33. The van der Waals surface area contributed by atoms with Crippen molar-refractivity contribution >= 4 is 12.6 Å². The van der Waals surface area contributed by atoms with Crippen LogP contribution >= 0.6 is 0 Å². The average Bonchev–Trinajstić information content (AvgIpc) is 2.27. The molecule has 0 saturated heterocycles. The molecule has 1 aromatic rings. The van der Waals surface area contributed by atoms with Crippen molar-refractivity contribution in [3.05, 3.63) is 29.3 Å². The Kier molecular flexibility index (Phi) is 2.54. The molecule has 0 N–H and O–H groups in total. The second-order valence-electron chi connectivity index (χ2n) is 4.63. The molecule has 1 aromatic carbocycles. The fraction of sp³-hybridized carbons (Fsp3) is 0.385. The van der Waals surface area contributed by atoms with Gasteiger partial charge in [0.15, 0.2) is 0 Å². The number of carbonyl (C=O) groups excluding carboxylic acids is 1. The molecule has 84 valence electrons. The topological polar surface area (TPSA) is 38.7 Å². The lowest BCUT2D eigenvalue weighted by molar-refractivity contribution is 0.0997. The van der Waals surface area contributed by atoms with Crippen LogP contribution in [0.4, 0.5) is 0 Å². The normalized spacial score (nSPS) is 17.1. The van der Waals surface area contributed by atoms with Gasteiger partial charge in [-0.2, -0.15) is 0 Å². The van der Waals surface area contributed by atoms with E-state index in [9.17, 15) is 4.79 Å². The van der Waals surface area contributed by atoms with Crippen molar-refractivity contribution in [2.75, 3.05) is 6.61 Å². The van der Waals surface area contributed by atoms with Gasteiger partial charge >= 0.3 is 0 Å². The predicted octanol–water partition coefficient (Wildman–Crippen LogP) is 2.59. The van der Waals surface area contributed by atoms with Crippen LogP contribution in [0.3, 0.4) is 0 Å². The first-order valence-electron chi connectivity index (χ1n) is 5.33. The molecule has 1 aliphatic rings. The number of nitrogens with zero attached hydrogens (tertiary/aromatic N) is 1. The van der Waals surface area contributed by atoms with Crippen molar-refractivity contribution in [1.82, 2.24) is 0 Å². The summed E-state index contributed by atoms with van der Waals surface area (Å²) in [6.45, 7) is 8.22. The van der Waals surface area contributed by atoms with Crippen molar-refractivity contribution in [2.24, 2.45) is 4.99 Å². The summed E-state index contributed by atoms with van der Waals surface area (Å²) in [5, 5.41) is 0. The molecule has 1 amide bonds. The Balaban J connectivity index is 2.60. The number of rotatable bonds is 1. The van der Waals surface area contributed by atoms with E-state index >= 15 is 0 Å². The van der Waals surface area contributed by atoms with E-state index in [0.29, 0.717) is 17.9 Å². The zero-order chi connectivity index (χ0) is 11.8. The Bertz CT molecular complexity index is 449. The third kappa shape index (κ3) is 1.62. The summed E-state index contributed by atoms with van der Waals surface area (Å²) < 4.78 is 5.60. The molecule has 3 heteroatoms. The average molecular weight is 217 g/mol. The van der Waals surface area contributed by atoms with Crippen LogP contribution in [0.2, 0.25) is 0 Å². The number of ether oxygens (including phenoxy) is 1. The van der Waals surface area contributed by atoms with Crippen LogP contribution in [0.1, 0.15) is 36.2 Å². The van der Waals surface area contributed by atoms with E-state index in [4.69, 9.17) is 4.74 Å². The zero-order valence-electron chi connectivity index (χ0n) is 9.62. The fourth-order valence-corrected chi connectivity index (χ4v) is 2.02. The molecule has 0 saturated carbocycles. The van der Waals surface area contributed by atoms with Gasteiger partial charge < -0.3 is 4.74 Å². The molecule has 0 atom stereocenters. The van der Waals surface area contributed by atoms with Crippen molar-refractivity contribution in [2.45, 2.75) is 25.7 Å². The number of hydrogen-bond acceptors (Lipinski definition) is 2. The molecule has 0 unspecified atom stereocenters. The maximum Gasteiger partial charge on any atom is 0.280 e. The number of para-hydroxylation sites is 1. The van der Waals surface area contributed by atoms with E-state index in [-0.39, 0.29) is 11.3 Å². The van der Waals surface area contributed by atoms with E-state index < -0.39 is 0 Å². The first-order valence-corrected chi connectivity index (χ1v) is 5.33. The Morgan fingerprint density at radius 2 is 2.25 bits per heavy atom. The lowest BCUT2D eigenvalue weighted by atomic mass is 9.79. The molecule has 1 aliphatic heterocycles. The molecule has 0 fully saturated rings. The first kappa shape index (κ1) is 10.9. The van der Waals surface area contributed by atoms with Gasteiger partial charge in [-0.3, -0.25) is 4.79 Å². The largest absolute Gasteiger partial charge is 0.492 e. The maximum atomic E-state index is 11.6. The summed E-state index contributed by atoms with van der Waals surface area (Å²) in [6.07, 6.45) is 0.958. The second kappa shape index (κ2) is 3.74. The molecular weight excluding hydrogens is 202 g/mol. The molecule has 0 aliphatic carbocycles. The van der Waals surface area contributed by atoms with Gasteiger partial charge in [0.05, 0.1) is 12.2 Å². The minimum Gasteiger partial charge on any atom is -0.492 e. The van der Waals surface area contributed by atoms with E-state index in [1.807, 2.05) is 12.1 Å². The van der Waals surface area contributed by atoms with Crippen molar-refractivity contribution in [1.29, 1.82) is 0 Å². The van der Waals surface area contributed by atoms with E-state index in [1.54, 1.807) is 6.07 Å². The van der Waals surface area contributed by atoms with Gasteiger partial charge in [-0.05, 0) is 24.6 Å². The minimum absolute atomic E-state index is 0.0467. The molecule has 0 spiro atoms. The van der Waals surface area contributed by atoms with Gasteiger partial charge in [0, 0.05) is 5.56 Å². The van der Waals surface area contributed by atoms with E-state index in [1.165, 1.54) is 0 Å². The molecule has 0 aromatic heterocycles. The Labute approximate surface area is 95.2 Å². The maximum absolute atomic E-state index is 11.6. The van der Waals surface area contributed by atoms with Crippen LogP contribution in [0.15, 0.2) is 23.2 Å². The standard InChI is InChI=1S/C13H15NO2/c1-13(2)7-8-16-11-9(12(15)14-3)5-4-6-10(11)13/h4-6H,3,7-8H2,1-2H3. The SMILES string of the molecule is C=NC(=O)c1cccc2c1OCCC2(C)C. The molecule has 3 nitrogen and oxygen atoms in total. The summed E-state index contributed by atoms with van der Waals surface area (Å²) in [6, 6.07) is 5.61. The smallest absolute Gasteiger partial charge is 0.280 e. The third-order valence-corrected chi connectivity index (χ3v) is 3.09. The molecule has 0 radical (unpaired) electrons. The number of benzene rings is 1. The van der Waals surface area contributed by atoms with Crippen LogP contribution in [0, 0.1) is 0 Å². The van der Waals surface area contributed by atoms with Gasteiger partial charge in [-0.25, -0.2) is 4.99 Å². The number of hydrogen-bond donors (Lipinski definition) is 0. The molecule has 16 heavy (non-hydrogen) atoms. The highest BCUT2D eigenvalue weighted by Gasteiger charge is 2.31. The highest BCUT2D eigenvalue weighted by Crippen LogP contribution is 2.40. The van der Waals surface area contributed by atoms with Crippen molar-refractivity contribution < 1.29 is 9.53 Å². The quantitative estimate of drug-likeness (QED) is 0.678. The van der Waals surface area contributed by atoms with Gasteiger partial charge in [-0.15, -0.1) is 0 Å². The zero-order valence-corrected chi connectivity index (χ0v) is 9.62.